The number of carbonyl (C=O) groups is 5. The lowest BCUT2D eigenvalue weighted by Gasteiger charge is -2.31. The second-order valence-electron chi connectivity index (χ2n) is 13.8. The van der Waals surface area contributed by atoms with E-state index in [0.29, 0.717) is 6.42 Å². The SMILES string of the molecule is COC(=O)C(NC(=O)C(NC(=O)[C@H](CC(C)C)C[C@H](O)C(Cc1ccccc1)NC(=O)C(C)NC(=O)OCc1ccccc1)C(C)C)C(C)C. The molecule has 0 bridgehead atoms. The fourth-order valence-electron chi connectivity index (χ4n) is 5.48. The summed E-state index contributed by atoms with van der Waals surface area (Å²) in [6.07, 6.45) is -1.27. The first-order chi connectivity index (χ1) is 23.6. The number of hydrogen-bond donors (Lipinski definition) is 5. The third-order valence-corrected chi connectivity index (χ3v) is 8.35. The molecule has 0 heterocycles. The third kappa shape index (κ3) is 14.2. The number of aliphatic hydroxyl groups excluding tert-OH is 1. The molecule has 0 aliphatic carbocycles. The van der Waals surface area contributed by atoms with Gasteiger partial charge in [0, 0.05) is 5.92 Å². The van der Waals surface area contributed by atoms with Crippen molar-refractivity contribution in [2.75, 3.05) is 7.11 Å². The quantitative estimate of drug-likeness (QED) is 0.138. The van der Waals surface area contributed by atoms with Gasteiger partial charge in [-0.2, -0.15) is 0 Å². The van der Waals surface area contributed by atoms with Gasteiger partial charge in [0.15, 0.2) is 0 Å². The van der Waals surface area contributed by atoms with E-state index in [2.05, 4.69) is 21.3 Å². The van der Waals surface area contributed by atoms with Crippen molar-refractivity contribution in [2.24, 2.45) is 23.7 Å². The molecule has 2 aromatic carbocycles. The van der Waals surface area contributed by atoms with Crippen molar-refractivity contribution >= 4 is 29.8 Å². The number of rotatable bonds is 19. The minimum atomic E-state index is -1.16. The van der Waals surface area contributed by atoms with E-state index in [9.17, 15) is 29.1 Å². The Hall–Kier alpha value is -4.45. The molecule has 0 radical (unpaired) electrons. The summed E-state index contributed by atoms with van der Waals surface area (Å²) in [5.41, 5.74) is 1.65. The highest BCUT2D eigenvalue weighted by atomic mass is 16.5. The Kier molecular flexibility index (Phi) is 17.5. The summed E-state index contributed by atoms with van der Waals surface area (Å²) in [4.78, 5) is 65.2. The Bertz CT molecular complexity index is 1370. The molecule has 0 aromatic heterocycles. The molecule has 0 aliphatic rings. The normalized spacial score (nSPS) is 14.9. The Morgan fingerprint density at radius 3 is 1.72 bits per heavy atom. The highest BCUT2D eigenvalue weighted by molar-refractivity contribution is 5.91. The van der Waals surface area contributed by atoms with Gasteiger partial charge >= 0.3 is 12.1 Å². The number of carbonyl (C=O) groups excluding carboxylic acids is 5. The summed E-state index contributed by atoms with van der Waals surface area (Å²) in [6.45, 7) is 12.6. The number of ether oxygens (including phenoxy) is 2. The highest BCUT2D eigenvalue weighted by Gasteiger charge is 2.35. The Labute approximate surface area is 296 Å². The van der Waals surface area contributed by atoms with Gasteiger partial charge in [0.2, 0.25) is 17.7 Å². The molecule has 4 amide bonds. The monoisotopic (exact) mass is 696 g/mol. The number of alkyl carbamates (subject to hydrolysis) is 1. The predicted octanol–water partition coefficient (Wildman–Crippen LogP) is 3.90. The lowest BCUT2D eigenvalue weighted by molar-refractivity contribution is -0.147. The van der Waals surface area contributed by atoms with E-state index in [-0.39, 0.29) is 37.2 Å². The molecular formula is C38H56N4O8. The fraction of sp³-hybridized carbons (Fsp3) is 0.553. The smallest absolute Gasteiger partial charge is 0.408 e. The second-order valence-corrected chi connectivity index (χ2v) is 13.8. The summed E-state index contributed by atoms with van der Waals surface area (Å²) >= 11 is 0. The lowest BCUT2D eigenvalue weighted by Crippen LogP contribution is -2.56. The molecule has 0 spiro atoms. The molecule has 12 nitrogen and oxygen atoms in total. The lowest BCUT2D eigenvalue weighted by atomic mass is 9.87. The number of hydrogen-bond acceptors (Lipinski definition) is 8. The molecule has 50 heavy (non-hydrogen) atoms. The topological polar surface area (TPSA) is 172 Å². The summed E-state index contributed by atoms with van der Waals surface area (Å²) in [6, 6.07) is 14.8. The molecular weight excluding hydrogens is 640 g/mol. The molecule has 5 N–H and O–H groups in total. The zero-order chi connectivity index (χ0) is 37.4. The van der Waals surface area contributed by atoms with Crippen molar-refractivity contribution < 1.29 is 38.6 Å². The van der Waals surface area contributed by atoms with Crippen LogP contribution in [0.2, 0.25) is 0 Å². The van der Waals surface area contributed by atoms with Gasteiger partial charge in [0.05, 0.1) is 19.3 Å². The van der Waals surface area contributed by atoms with Crippen LogP contribution in [0.15, 0.2) is 60.7 Å². The molecule has 4 unspecified atom stereocenters. The van der Waals surface area contributed by atoms with Crippen molar-refractivity contribution in [1.29, 1.82) is 0 Å². The van der Waals surface area contributed by atoms with E-state index in [1.165, 1.54) is 14.0 Å². The zero-order valence-electron chi connectivity index (χ0n) is 30.6. The molecule has 0 saturated heterocycles. The van der Waals surface area contributed by atoms with Crippen LogP contribution in [0.3, 0.4) is 0 Å². The van der Waals surface area contributed by atoms with Crippen LogP contribution in [0.25, 0.3) is 0 Å². The van der Waals surface area contributed by atoms with Crippen LogP contribution in [-0.4, -0.2) is 72.3 Å². The largest absolute Gasteiger partial charge is 0.467 e. The number of methoxy groups -OCH3 is 1. The van der Waals surface area contributed by atoms with Crippen LogP contribution in [0.5, 0.6) is 0 Å². The Balaban J connectivity index is 2.20. The van der Waals surface area contributed by atoms with E-state index >= 15 is 0 Å². The van der Waals surface area contributed by atoms with E-state index in [0.717, 1.165) is 11.1 Å². The predicted molar refractivity (Wildman–Crippen MR) is 190 cm³/mol. The fourth-order valence-corrected chi connectivity index (χ4v) is 5.48. The number of aliphatic hydroxyl groups is 1. The first-order valence-corrected chi connectivity index (χ1v) is 17.3. The van der Waals surface area contributed by atoms with Crippen LogP contribution < -0.4 is 21.3 Å². The number of amides is 4. The van der Waals surface area contributed by atoms with Gasteiger partial charge in [-0.25, -0.2) is 9.59 Å². The summed E-state index contributed by atoms with van der Waals surface area (Å²) < 4.78 is 10.1. The molecule has 2 rings (SSSR count). The van der Waals surface area contributed by atoms with Crippen molar-refractivity contribution in [3.63, 3.8) is 0 Å². The molecule has 0 aliphatic heterocycles. The zero-order valence-corrected chi connectivity index (χ0v) is 30.6. The van der Waals surface area contributed by atoms with Crippen molar-refractivity contribution in [3.8, 4) is 0 Å². The molecule has 0 saturated carbocycles. The van der Waals surface area contributed by atoms with E-state index < -0.39 is 66.0 Å². The molecule has 6 atom stereocenters. The highest BCUT2D eigenvalue weighted by Crippen LogP contribution is 2.22. The Morgan fingerprint density at radius 1 is 0.660 bits per heavy atom. The van der Waals surface area contributed by atoms with Crippen molar-refractivity contribution in [3.05, 3.63) is 71.8 Å². The number of nitrogens with one attached hydrogen (secondary N) is 4. The van der Waals surface area contributed by atoms with Gasteiger partial charge in [0.1, 0.15) is 24.7 Å². The standard InChI is InChI=1S/C38H56N4O8/c1-23(2)19-29(35(45)41-32(24(3)4)36(46)42-33(25(5)6)37(47)49-8)21-31(43)30(20-27-15-11-9-12-16-27)40-34(44)26(7)39-38(48)50-22-28-17-13-10-14-18-28/h9-18,23-26,29-33,43H,19-22H2,1-8H3,(H,39,48)(H,40,44)(H,41,45)(H,42,46)/t26?,29-,30?,31+,32?,33?/m1/s1. The van der Waals surface area contributed by atoms with E-state index in [1.54, 1.807) is 27.7 Å². The maximum atomic E-state index is 13.8. The average Bonchev–Trinajstić information content (AvgIpc) is 3.07. The maximum absolute atomic E-state index is 13.8. The van der Waals surface area contributed by atoms with Crippen molar-refractivity contribution in [2.45, 2.75) is 105 Å². The Morgan fingerprint density at radius 2 is 1.20 bits per heavy atom. The average molecular weight is 697 g/mol. The van der Waals surface area contributed by atoms with Crippen LogP contribution in [0.4, 0.5) is 4.79 Å². The molecule has 12 heteroatoms. The summed E-state index contributed by atoms with van der Waals surface area (Å²) in [7, 11) is 1.25. The second kappa shape index (κ2) is 20.9. The van der Waals surface area contributed by atoms with Crippen LogP contribution in [-0.2, 0) is 41.7 Å². The summed E-state index contributed by atoms with van der Waals surface area (Å²) in [5.74, 6) is -3.25. The molecule has 276 valence electrons. The molecule has 2 aromatic rings. The van der Waals surface area contributed by atoms with Crippen LogP contribution in [0.1, 0.15) is 72.4 Å². The van der Waals surface area contributed by atoms with Gasteiger partial charge in [0.25, 0.3) is 0 Å². The maximum Gasteiger partial charge on any atom is 0.408 e. The number of esters is 1. The van der Waals surface area contributed by atoms with Gasteiger partial charge in [-0.05, 0) is 55.1 Å². The van der Waals surface area contributed by atoms with Gasteiger partial charge in [-0.3, -0.25) is 14.4 Å². The third-order valence-electron chi connectivity index (χ3n) is 8.35. The van der Waals surface area contributed by atoms with Gasteiger partial charge in [-0.1, -0.05) is 102 Å². The van der Waals surface area contributed by atoms with Gasteiger partial charge in [-0.15, -0.1) is 0 Å². The van der Waals surface area contributed by atoms with E-state index in [1.807, 2.05) is 74.5 Å². The van der Waals surface area contributed by atoms with Crippen LogP contribution >= 0.6 is 0 Å². The minimum Gasteiger partial charge on any atom is -0.467 e. The van der Waals surface area contributed by atoms with Gasteiger partial charge < -0.3 is 35.8 Å². The number of benzene rings is 2. The van der Waals surface area contributed by atoms with Crippen LogP contribution in [0, 0.1) is 23.7 Å². The molecule has 0 fully saturated rings. The first kappa shape index (κ1) is 41.7. The van der Waals surface area contributed by atoms with Crippen molar-refractivity contribution in [1.82, 2.24) is 21.3 Å². The summed E-state index contributed by atoms with van der Waals surface area (Å²) in [5, 5.41) is 22.6. The van der Waals surface area contributed by atoms with E-state index in [4.69, 9.17) is 9.47 Å². The minimum absolute atomic E-state index is 0.00800. The first-order valence-electron chi connectivity index (χ1n) is 17.3.